The Morgan fingerprint density at radius 2 is 2.19 bits per heavy atom. The summed E-state index contributed by atoms with van der Waals surface area (Å²) in [5.41, 5.74) is 0.720. The van der Waals surface area contributed by atoms with Gasteiger partial charge in [0.2, 0.25) is 0 Å². The van der Waals surface area contributed by atoms with Crippen molar-refractivity contribution in [3.05, 3.63) is 11.9 Å². The Bertz CT molecular complexity index is 325. The van der Waals surface area contributed by atoms with E-state index in [1.165, 1.54) is 11.6 Å². The van der Waals surface area contributed by atoms with Gasteiger partial charge in [-0.2, -0.15) is 0 Å². The summed E-state index contributed by atoms with van der Waals surface area (Å²) < 4.78 is 11.9. The monoisotopic (exact) mass is 227 g/mol. The van der Waals surface area contributed by atoms with E-state index in [1.807, 2.05) is 6.92 Å². The summed E-state index contributed by atoms with van der Waals surface area (Å²) in [4.78, 5) is 10.8. The molecular weight excluding hydrogens is 210 g/mol. The van der Waals surface area contributed by atoms with Crippen molar-refractivity contribution < 1.29 is 14.3 Å². The minimum atomic E-state index is 0.0497. The number of carbonyl (C=O) groups is 1. The molecule has 1 heterocycles. The van der Waals surface area contributed by atoms with Gasteiger partial charge in [-0.25, -0.2) is 4.68 Å². The summed E-state index contributed by atoms with van der Waals surface area (Å²) in [6.45, 7) is 5.91. The van der Waals surface area contributed by atoms with E-state index >= 15 is 0 Å². The van der Waals surface area contributed by atoms with Gasteiger partial charge in [0.05, 0.1) is 26.0 Å². The molecule has 1 rings (SSSR count). The molecule has 0 radical (unpaired) electrons. The van der Waals surface area contributed by atoms with Gasteiger partial charge in [-0.3, -0.25) is 4.79 Å². The van der Waals surface area contributed by atoms with Crippen molar-refractivity contribution in [1.29, 1.82) is 0 Å². The fourth-order valence-electron chi connectivity index (χ4n) is 1.15. The van der Waals surface area contributed by atoms with E-state index in [4.69, 9.17) is 9.47 Å². The van der Waals surface area contributed by atoms with E-state index in [0.717, 1.165) is 5.69 Å². The molecule has 0 saturated heterocycles. The summed E-state index contributed by atoms with van der Waals surface area (Å²) in [7, 11) is 0. The molecular formula is C10H17N3O3. The van der Waals surface area contributed by atoms with Crippen molar-refractivity contribution in [2.75, 3.05) is 19.8 Å². The molecule has 0 fully saturated rings. The highest BCUT2D eigenvalue weighted by molar-refractivity contribution is 5.75. The molecule has 16 heavy (non-hydrogen) atoms. The topological polar surface area (TPSA) is 66.2 Å². The maximum absolute atomic E-state index is 10.8. The highest BCUT2D eigenvalue weighted by Crippen LogP contribution is 1.96. The molecule has 0 spiro atoms. The van der Waals surface area contributed by atoms with Gasteiger partial charge in [0.1, 0.15) is 12.2 Å². The van der Waals surface area contributed by atoms with Crippen LogP contribution in [0, 0.1) is 0 Å². The van der Waals surface area contributed by atoms with Crippen LogP contribution in [0.1, 0.15) is 19.5 Å². The second kappa shape index (κ2) is 7.08. The van der Waals surface area contributed by atoms with Crippen molar-refractivity contribution in [1.82, 2.24) is 15.0 Å². The van der Waals surface area contributed by atoms with E-state index < -0.39 is 0 Å². The maximum Gasteiger partial charge on any atom is 0.151 e. The van der Waals surface area contributed by atoms with E-state index in [1.54, 1.807) is 6.20 Å². The minimum Gasteiger partial charge on any atom is -0.379 e. The molecule has 1 aromatic heterocycles. The summed E-state index contributed by atoms with van der Waals surface area (Å²) in [6.07, 6.45) is 1.71. The number of ketones is 1. The van der Waals surface area contributed by atoms with Crippen molar-refractivity contribution in [2.24, 2.45) is 0 Å². The van der Waals surface area contributed by atoms with E-state index in [-0.39, 0.29) is 12.3 Å². The first-order valence-corrected chi connectivity index (χ1v) is 5.26. The standard InChI is InChI=1S/C10H17N3O3/c1-3-15-4-5-16-8-10-7-13(12-11-10)6-9(2)14/h7H,3-6,8H2,1-2H3. The van der Waals surface area contributed by atoms with Gasteiger partial charge in [-0.1, -0.05) is 5.21 Å². The first kappa shape index (κ1) is 12.8. The predicted molar refractivity (Wildman–Crippen MR) is 56.9 cm³/mol. The Morgan fingerprint density at radius 1 is 1.44 bits per heavy atom. The first-order valence-electron chi connectivity index (χ1n) is 5.26. The van der Waals surface area contributed by atoms with Crippen LogP contribution in [0.2, 0.25) is 0 Å². The fourth-order valence-corrected chi connectivity index (χ4v) is 1.15. The average Bonchev–Trinajstić information content (AvgIpc) is 2.64. The number of nitrogens with zero attached hydrogens (tertiary/aromatic N) is 3. The molecule has 0 atom stereocenters. The summed E-state index contributed by atoms with van der Waals surface area (Å²) in [6, 6.07) is 0. The van der Waals surface area contributed by atoms with E-state index in [0.29, 0.717) is 26.4 Å². The lowest BCUT2D eigenvalue weighted by Crippen LogP contribution is -2.06. The molecule has 0 aromatic carbocycles. The van der Waals surface area contributed by atoms with Crippen molar-refractivity contribution in [2.45, 2.75) is 27.0 Å². The van der Waals surface area contributed by atoms with Crippen LogP contribution in [0.15, 0.2) is 6.20 Å². The smallest absolute Gasteiger partial charge is 0.151 e. The lowest BCUT2D eigenvalue weighted by Gasteiger charge is -2.01. The molecule has 0 aliphatic rings. The predicted octanol–water partition coefficient (Wildman–Crippen LogP) is 0.420. The molecule has 0 amide bonds. The quantitative estimate of drug-likeness (QED) is 0.602. The third-order valence-corrected chi connectivity index (χ3v) is 1.80. The Kier molecular flexibility index (Phi) is 5.66. The molecule has 0 saturated carbocycles. The average molecular weight is 227 g/mol. The second-order valence-electron chi connectivity index (χ2n) is 3.36. The fraction of sp³-hybridized carbons (Fsp3) is 0.700. The number of Topliss-reactive ketones (excluding diaryl/α,β-unsaturated/α-hetero) is 1. The largest absolute Gasteiger partial charge is 0.379 e. The van der Waals surface area contributed by atoms with Gasteiger partial charge in [0, 0.05) is 6.61 Å². The lowest BCUT2D eigenvalue weighted by atomic mass is 10.4. The van der Waals surface area contributed by atoms with Gasteiger partial charge in [-0.05, 0) is 13.8 Å². The van der Waals surface area contributed by atoms with Crippen molar-refractivity contribution in [3.63, 3.8) is 0 Å². The normalized spacial score (nSPS) is 10.6. The molecule has 0 aliphatic carbocycles. The maximum atomic E-state index is 10.8. The third kappa shape index (κ3) is 4.99. The summed E-state index contributed by atoms with van der Waals surface area (Å²) in [5, 5.41) is 7.69. The summed E-state index contributed by atoms with van der Waals surface area (Å²) >= 11 is 0. The molecule has 0 unspecified atom stereocenters. The van der Waals surface area contributed by atoms with Crippen LogP contribution in [-0.2, 0) is 27.4 Å². The Hall–Kier alpha value is -1.27. The number of ether oxygens (including phenoxy) is 2. The molecule has 0 N–H and O–H groups in total. The molecule has 6 heteroatoms. The molecule has 90 valence electrons. The second-order valence-corrected chi connectivity index (χ2v) is 3.36. The van der Waals surface area contributed by atoms with Gasteiger partial charge in [0.15, 0.2) is 5.78 Å². The molecule has 0 aliphatic heterocycles. The zero-order chi connectivity index (χ0) is 11.8. The van der Waals surface area contributed by atoms with Gasteiger partial charge in [0.25, 0.3) is 0 Å². The Labute approximate surface area is 94.5 Å². The van der Waals surface area contributed by atoms with E-state index in [9.17, 15) is 4.79 Å². The number of aromatic nitrogens is 3. The number of hydrogen-bond acceptors (Lipinski definition) is 5. The van der Waals surface area contributed by atoms with Crippen LogP contribution in [0.3, 0.4) is 0 Å². The number of hydrogen-bond donors (Lipinski definition) is 0. The van der Waals surface area contributed by atoms with Gasteiger partial charge < -0.3 is 9.47 Å². The Morgan fingerprint density at radius 3 is 2.88 bits per heavy atom. The van der Waals surface area contributed by atoms with Crippen molar-refractivity contribution in [3.8, 4) is 0 Å². The Balaban J connectivity index is 2.21. The zero-order valence-corrected chi connectivity index (χ0v) is 9.68. The molecule has 1 aromatic rings. The zero-order valence-electron chi connectivity index (χ0n) is 9.68. The van der Waals surface area contributed by atoms with Gasteiger partial charge >= 0.3 is 0 Å². The van der Waals surface area contributed by atoms with Crippen LogP contribution < -0.4 is 0 Å². The van der Waals surface area contributed by atoms with Crippen LogP contribution in [0.4, 0.5) is 0 Å². The highest BCUT2D eigenvalue weighted by atomic mass is 16.5. The van der Waals surface area contributed by atoms with Crippen molar-refractivity contribution >= 4 is 5.78 Å². The van der Waals surface area contributed by atoms with E-state index in [2.05, 4.69) is 10.3 Å². The van der Waals surface area contributed by atoms with Crippen LogP contribution in [0.5, 0.6) is 0 Å². The molecule has 6 nitrogen and oxygen atoms in total. The number of carbonyl (C=O) groups excluding carboxylic acids is 1. The number of rotatable bonds is 8. The summed E-state index contributed by atoms with van der Waals surface area (Å²) in [5.74, 6) is 0.0497. The minimum absolute atomic E-state index is 0.0497. The lowest BCUT2D eigenvalue weighted by molar-refractivity contribution is -0.117. The third-order valence-electron chi connectivity index (χ3n) is 1.80. The van der Waals surface area contributed by atoms with Crippen LogP contribution in [0.25, 0.3) is 0 Å². The van der Waals surface area contributed by atoms with Crippen LogP contribution in [-0.4, -0.2) is 40.6 Å². The molecule has 0 bridgehead atoms. The SMILES string of the molecule is CCOCCOCc1cn(CC(C)=O)nn1. The van der Waals surface area contributed by atoms with Gasteiger partial charge in [-0.15, -0.1) is 5.10 Å². The van der Waals surface area contributed by atoms with Crippen LogP contribution >= 0.6 is 0 Å². The first-order chi connectivity index (χ1) is 7.72. The highest BCUT2D eigenvalue weighted by Gasteiger charge is 2.02.